The molecule has 3 heteroatoms. The maximum atomic E-state index is 8.63. The van der Waals surface area contributed by atoms with Crippen LogP contribution in [0.25, 0.3) is 0 Å². The van der Waals surface area contributed by atoms with Gasteiger partial charge in [0.2, 0.25) is 0 Å². The molecule has 16 heavy (non-hydrogen) atoms. The Morgan fingerprint density at radius 1 is 1.50 bits per heavy atom. The molecule has 0 saturated heterocycles. The predicted octanol–water partition coefficient (Wildman–Crippen LogP) is 2.80. The number of nitriles is 1. The molecule has 0 spiro atoms. The summed E-state index contributed by atoms with van der Waals surface area (Å²) in [5.41, 5.74) is 1.48. The number of aromatic nitrogens is 1. The molecule has 0 aromatic carbocycles. The molecule has 84 valence electrons. The van der Waals surface area contributed by atoms with E-state index >= 15 is 0 Å². The summed E-state index contributed by atoms with van der Waals surface area (Å²) < 4.78 is 0. The summed E-state index contributed by atoms with van der Waals surface area (Å²) in [4.78, 5) is 4.03. The molecule has 1 fully saturated rings. The Morgan fingerprint density at radius 2 is 2.38 bits per heavy atom. The van der Waals surface area contributed by atoms with Crippen molar-refractivity contribution in [2.45, 2.75) is 26.2 Å². The van der Waals surface area contributed by atoms with Crippen LogP contribution in [0.4, 0.5) is 5.69 Å². The Balaban J connectivity index is 1.83. The highest BCUT2D eigenvalue weighted by Gasteiger charge is 2.20. The van der Waals surface area contributed by atoms with E-state index in [9.17, 15) is 0 Å². The summed E-state index contributed by atoms with van der Waals surface area (Å²) in [5.74, 6) is 1.68. The lowest BCUT2D eigenvalue weighted by Gasteiger charge is -2.11. The first kappa shape index (κ1) is 10.9. The molecule has 0 radical (unpaired) electrons. The highest BCUT2D eigenvalue weighted by atomic mass is 14.9. The second kappa shape index (κ2) is 4.98. The van der Waals surface area contributed by atoms with Gasteiger partial charge in [0.1, 0.15) is 11.8 Å². The van der Waals surface area contributed by atoms with Crippen LogP contribution in [0.1, 0.15) is 31.9 Å². The number of nitrogens with zero attached hydrogens (tertiary/aromatic N) is 2. The first-order valence-electron chi connectivity index (χ1n) is 5.88. The number of nitrogens with one attached hydrogen (secondary N) is 1. The smallest absolute Gasteiger partial charge is 0.140 e. The summed E-state index contributed by atoms with van der Waals surface area (Å²) in [6.45, 7) is 3.35. The lowest BCUT2D eigenvalue weighted by molar-refractivity contribution is 0.537. The van der Waals surface area contributed by atoms with Gasteiger partial charge in [-0.3, -0.25) is 0 Å². The molecular formula is C13H17N3. The van der Waals surface area contributed by atoms with Gasteiger partial charge in [-0.05, 0) is 36.8 Å². The van der Waals surface area contributed by atoms with Crippen LogP contribution in [0.5, 0.6) is 0 Å². The molecule has 0 amide bonds. The van der Waals surface area contributed by atoms with Gasteiger partial charge in [0, 0.05) is 6.54 Å². The predicted molar refractivity (Wildman–Crippen MR) is 63.9 cm³/mol. The summed E-state index contributed by atoms with van der Waals surface area (Å²) >= 11 is 0. The lowest BCUT2D eigenvalue weighted by Crippen LogP contribution is -2.11. The van der Waals surface area contributed by atoms with Gasteiger partial charge in [0.25, 0.3) is 0 Å². The number of hydrogen-bond donors (Lipinski definition) is 1. The average molecular weight is 215 g/mol. The van der Waals surface area contributed by atoms with E-state index in [1.165, 1.54) is 19.3 Å². The summed E-state index contributed by atoms with van der Waals surface area (Å²) in [5, 5.41) is 12.0. The SMILES string of the molecule is CC1CCC(CNc2ccc(C#N)nc2)C1. The minimum absolute atomic E-state index is 0.472. The zero-order valence-electron chi connectivity index (χ0n) is 9.61. The Labute approximate surface area is 96.5 Å². The highest BCUT2D eigenvalue weighted by Crippen LogP contribution is 2.30. The third-order valence-electron chi connectivity index (χ3n) is 3.28. The van der Waals surface area contributed by atoms with Gasteiger partial charge in [-0.2, -0.15) is 5.26 Å². The minimum atomic E-state index is 0.472. The van der Waals surface area contributed by atoms with Gasteiger partial charge in [-0.25, -0.2) is 4.98 Å². The van der Waals surface area contributed by atoms with Crippen LogP contribution in [0, 0.1) is 23.2 Å². The van der Waals surface area contributed by atoms with Gasteiger partial charge < -0.3 is 5.32 Å². The zero-order chi connectivity index (χ0) is 11.4. The minimum Gasteiger partial charge on any atom is -0.384 e. The number of anilines is 1. The van der Waals surface area contributed by atoms with Gasteiger partial charge >= 0.3 is 0 Å². The molecule has 2 rings (SSSR count). The van der Waals surface area contributed by atoms with E-state index < -0.39 is 0 Å². The number of pyridine rings is 1. The Morgan fingerprint density at radius 3 is 2.94 bits per heavy atom. The first-order valence-corrected chi connectivity index (χ1v) is 5.88. The number of hydrogen-bond acceptors (Lipinski definition) is 3. The van der Waals surface area contributed by atoms with Crippen LogP contribution in [0.2, 0.25) is 0 Å². The molecule has 0 aliphatic heterocycles. The van der Waals surface area contributed by atoms with Crippen molar-refractivity contribution in [2.75, 3.05) is 11.9 Å². The monoisotopic (exact) mass is 215 g/mol. The quantitative estimate of drug-likeness (QED) is 0.843. The van der Waals surface area contributed by atoms with E-state index in [0.717, 1.165) is 24.1 Å². The fourth-order valence-electron chi connectivity index (χ4n) is 2.34. The molecule has 0 bridgehead atoms. The molecule has 2 unspecified atom stereocenters. The summed E-state index contributed by atoms with van der Waals surface area (Å²) in [7, 11) is 0. The van der Waals surface area contributed by atoms with E-state index in [4.69, 9.17) is 5.26 Å². The lowest BCUT2D eigenvalue weighted by atomic mass is 10.1. The van der Waals surface area contributed by atoms with Crippen LogP contribution < -0.4 is 5.32 Å². The van der Waals surface area contributed by atoms with Crippen LogP contribution in [0.3, 0.4) is 0 Å². The molecule has 3 nitrogen and oxygen atoms in total. The van der Waals surface area contributed by atoms with E-state index in [-0.39, 0.29) is 0 Å². The molecular weight excluding hydrogens is 198 g/mol. The van der Waals surface area contributed by atoms with Crippen LogP contribution in [0.15, 0.2) is 18.3 Å². The fourth-order valence-corrected chi connectivity index (χ4v) is 2.34. The maximum absolute atomic E-state index is 8.63. The van der Waals surface area contributed by atoms with Crippen molar-refractivity contribution < 1.29 is 0 Å². The van der Waals surface area contributed by atoms with E-state index in [1.54, 1.807) is 12.3 Å². The van der Waals surface area contributed by atoms with E-state index in [2.05, 4.69) is 17.2 Å². The molecule has 1 aliphatic rings. The molecule has 1 aliphatic carbocycles. The Kier molecular flexibility index (Phi) is 3.40. The van der Waals surface area contributed by atoms with Gasteiger partial charge in [0.05, 0.1) is 11.9 Å². The highest BCUT2D eigenvalue weighted by molar-refractivity contribution is 5.42. The van der Waals surface area contributed by atoms with Crippen molar-refractivity contribution >= 4 is 5.69 Å². The Hall–Kier alpha value is -1.56. The van der Waals surface area contributed by atoms with Gasteiger partial charge in [-0.15, -0.1) is 0 Å². The summed E-state index contributed by atoms with van der Waals surface area (Å²) in [6, 6.07) is 5.69. The molecule has 1 aromatic heterocycles. The zero-order valence-corrected chi connectivity index (χ0v) is 9.61. The normalized spacial score (nSPS) is 24.0. The molecule has 1 aromatic rings. The summed E-state index contributed by atoms with van der Waals surface area (Å²) in [6.07, 6.45) is 5.75. The fraction of sp³-hybridized carbons (Fsp3) is 0.538. The van der Waals surface area contributed by atoms with E-state index in [0.29, 0.717) is 5.69 Å². The average Bonchev–Trinajstić information content (AvgIpc) is 2.73. The van der Waals surface area contributed by atoms with Crippen LogP contribution in [-0.4, -0.2) is 11.5 Å². The molecule has 2 atom stereocenters. The third kappa shape index (κ3) is 2.73. The molecule has 1 heterocycles. The largest absolute Gasteiger partial charge is 0.384 e. The standard InChI is InChI=1S/C13H17N3/c1-10-2-3-11(6-10)8-15-13-5-4-12(7-14)16-9-13/h4-5,9-11,15H,2-3,6,8H2,1H3. The third-order valence-corrected chi connectivity index (χ3v) is 3.28. The molecule has 1 N–H and O–H groups in total. The van der Waals surface area contributed by atoms with Crippen molar-refractivity contribution in [1.29, 1.82) is 5.26 Å². The topological polar surface area (TPSA) is 48.7 Å². The van der Waals surface area contributed by atoms with Crippen molar-refractivity contribution in [3.8, 4) is 6.07 Å². The Bertz CT molecular complexity index is 377. The second-order valence-corrected chi connectivity index (χ2v) is 4.71. The second-order valence-electron chi connectivity index (χ2n) is 4.71. The first-order chi connectivity index (χ1) is 7.78. The van der Waals surface area contributed by atoms with E-state index in [1.807, 2.05) is 12.1 Å². The van der Waals surface area contributed by atoms with Gasteiger partial charge in [-0.1, -0.05) is 13.3 Å². The van der Waals surface area contributed by atoms with Crippen LogP contribution >= 0.6 is 0 Å². The van der Waals surface area contributed by atoms with Crippen molar-refractivity contribution in [3.05, 3.63) is 24.0 Å². The van der Waals surface area contributed by atoms with Crippen molar-refractivity contribution in [1.82, 2.24) is 4.98 Å². The van der Waals surface area contributed by atoms with Crippen molar-refractivity contribution in [2.24, 2.45) is 11.8 Å². The maximum Gasteiger partial charge on any atom is 0.140 e. The molecule has 1 saturated carbocycles. The van der Waals surface area contributed by atoms with Crippen molar-refractivity contribution in [3.63, 3.8) is 0 Å². The number of rotatable bonds is 3. The van der Waals surface area contributed by atoms with Crippen LogP contribution in [-0.2, 0) is 0 Å². The van der Waals surface area contributed by atoms with Gasteiger partial charge in [0.15, 0.2) is 0 Å².